The van der Waals surface area contributed by atoms with Crippen molar-refractivity contribution in [1.29, 1.82) is 0 Å². The van der Waals surface area contributed by atoms with Crippen molar-refractivity contribution >= 4 is 11.6 Å². The number of benzene rings is 1. The van der Waals surface area contributed by atoms with Gasteiger partial charge >= 0.3 is 0 Å². The van der Waals surface area contributed by atoms with Crippen LogP contribution in [-0.4, -0.2) is 25.4 Å². The lowest BCUT2D eigenvalue weighted by atomic mass is 10.1. The first-order valence-electron chi connectivity index (χ1n) is 9.26. The number of aryl methyl sites for hydroxylation is 2. The van der Waals surface area contributed by atoms with E-state index in [4.69, 9.17) is 4.74 Å². The van der Waals surface area contributed by atoms with Crippen LogP contribution < -0.4 is 10.1 Å². The lowest BCUT2D eigenvalue weighted by Gasteiger charge is -2.11. The summed E-state index contributed by atoms with van der Waals surface area (Å²) in [7, 11) is 0. The number of aromatic nitrogens is 4. The monoisotopic (exact) mass is 379 g/mol. The molecule has 1 amide bonds. The number of anilines is 1. The van der Waals surface area contributed by atoms with Gasteiger partial charge in [-0.2, -0.15) is 4.98 Å². The Balaban J connectivity index is 1.75. The molecular formula is C21H25N5O2. The number of amides is 1. The Morgan fingerprint density at radius 2 is 1.86 bits per heavy atom. The van der Waals surface area contributed by atoms with Gasteiger partial charge in [-0.05, 0) is 51.0 Å². The number of imidazole rings is 1. The standard InChI is InChI=1S/C21H25N5O2/c1-13(2)10-20(27)25-17-6-8-18(9-7-17)28-21-11-19(23-16(5)24-21)26-12-22-14(3)15(26)4/h6-9,11-13H,10H2,1-5H3,(H,25,27). The topological polar surface area (TPSA) is 81.9 Å². The summed E-state index contributed by atoms with van der Waals surface area (Å²) >= 11 is 0. The SMILES string of the molecule is Cc1nc(Oc2ccc(NC(=O)CC(C)C)cc2)cc(-n2cnc(C)c2C)n1. The van der Waals surface area contributed by atoms with Gasteiger partial charge in [-0.25, -0.2) is 9.97 Å². The summed E-state index contributed by atoms with van der Waals surface area (Å²) < 4.78 is 7.80. The van der Waals surface area contributed by atoms with E-state index in [9.17, 15) is 4.79 Å². The summed E-state index contributed by atoms with van der Waals surface area (Å²) in [5.74, 6) is 2.72. The summed E-state index contributed by atoms with van der Waals surface area (Å²) in [5, 5.41) is 2.88. The number of nitrogens with one attached hydrogen (secondary N) is 1. The molecule has 2 heterocycles. The van der Waals surface area contributed by atoms with Crippen LogP contribution in [0.1, 0.15) is 37.5 Å². The molecule has 0 aliphatic rings. The third-order valence-electron chi connectivity index (χ3n) is 4.25. The van der Waals surface area contributed by atoms with Gasteiger partial charge in [0, 0.05) is 23.9 Å². The van der Waals surface area contributed by atoms with Crippen LogP contribution in [0.3, 0.4) is 0 Å². The smallest absolute Gasteiger partial charge is 0.224 e. The zero-order valence-corrected chi connectivity index (χ0v) is 16.9. The third kappa shape index (κ3) is 4.73. The molecule has 7 heteroatoms. The summed E-state index contributed by atoms with van der Waals surface area (Å²) in [4.78, 5) is 25.0. The van der Waals surface area contributed by atoms with Crippen molar-refractivity contribution in [2.75, 3.05) is 5.32 Å². The van der Waals surface area contributed by atoms with Gasteiger partial charge < -0.3 is 10.1 Å². The molecule has 0 spiro atoms. The second-order valence-electron chi connectivity index (χ2n) is 7.17. The molecule has 146 valence electrons. The van der Waals surface area contributed by atoms with Crippen LogP contribution in [0.15, 0.2) is 36.7 Å². The molecule has 0 saturated heterocycles. The van der Waals surface area contributed by atoms with Gasteiger partial charge in [-0.3, -0.25) is 9.36 Å². The van der Waals surface area contributed by atoms with Crippen LogP contribution in [0.5, 0.6) is 11.6 Å². The molecule has 28 heavy (non-hydrogen) atoms. The maximum absolute atomic E-state index is 11.9. The number of hydrogen-bond acceptors (Lipinski definition) is 5. The minimum absolute atomic E-state index is 0.00531. The first-order valence-corrected chi connectivity index (χ1v) is 9.26. The van der Waals surface area contributed by atoms with Crippen molar-refractivity contribution in [1.82, 2.24) is 19.5 Å². The Morgan fingerprint density at radius 1 is 1.14 bits per heavy atom. The van der Waals surface area contributed by atoms with Crippen LogP contribution in [0.2, 0.25) is 0 Å². The fraction of sp³-hybridized carbons (Fsp3) is 0.333. The lowest BCUT2D eigenvalue weighted by Crippen LogP contribution is -2.13. The molecule has 0 aliphatic heterocycles. The number of nitrogens with zero attached hydrogens (tertiary/aromatic N) is 4. The Bertz CT molecular complexity index is 977. The Hall–Kier alpha value is -3.22. The van der Waals surface area contributed by atoms with E-state index in [2.05, 4.69) is 20.3 Å². The average molecular weight is 379 g/mol. The van der Waals surface area contributed by atoms with Crippen molar-refractivity contribution in [3.05, 3.63) is 53.9 Å². The molecule has 1 aromatic carbocycles. The van der Waals surface area contributed by atoms with E-state index in [1.165, 1.54) is 0 Å². The number of ether oxygens (including phenoxy) is 1. The zero-order chi connectivity index (χ0) is 20.3. The lowest BCUT2D eigenvalue weighted by molar-refractivity contribution is -0.116. The highest BCUT2D eigenvalue weighted by molar-refractivity contribution is 5.90. The summed E-state index contributed by atoms with van der Waals surface area (Å²) in [6.07, 6.45) is 2.24. The van der Waals surface area contributed by atoms with Crippen LogP contribution in [0.25, 0.3) is 5.82 Å². The van der Waals surface area contributed by atoms with E-state index in [1.807, 2.05) is 51.3 Å². The van der Waals surface area contributed by atoms with Gasteiger partial charge in [-0.15, -0.1) is 0 Å². The molecule has 0 fully saturated rings. The van der Waals surface area contributed by atoms with E-state index in [1.54, 1.807) is 24.5 Å². The number of carbonyl (C=O) groups is 1. The Labute approximate surface area is 164 Å². The molecular weight excluding hydrogens is 354 g/mol. The van der Waals surface area contributed by atoms with Crippen LogP contribution in [0.4, 0.5) is 5.69 Å². The van der Waals surface area contributed by atoms with E-state index < -0.39 is 0 Å². The maximum atomic E-state index is 11.9. The third-order valence-corrected chi connectivity index (χ3v) is 4.25. The van der Waals surface area contributed by atoms with E-state index in [0.717, 1.165) is 17.1 Å². The van der Waals surface area contributed by atoms with Crippen molar-refractivity contribution in [3.63, 3.8) is 0 Å². The molecule has 3 aromatic rings. The summed E-state index contributed by atoms with van der Waals surface area (Å²) in [6, 6.07) is 9.00. The largest absolute Gasteiger partial charge is 0.439 e. The minimum Gasteiger partial charge on any atom is -0.439 e. The average Bonchev–Trinajstić information content (AvgIpc) is 2.94. The number of hydrogen-bond donors (Lipinski definition) is 1. The molecule has 1 N–H and O–H groups in total. The van der Waals surface area contributed by atoms with Gasteiger partial charge in [0.1, 0.15) is 23.7 Å². The van der Waals surface area contributed by atoms with Crippen molar-refractivity contribution in [2.45, 2.75) is 41.0 Å². The quantitative estimate of drug-likeness (QED) is 0.688. The van der Waals surface area contributed by atoms with E-state index in [-0.39, 0.29) is 5.91 Å². The van der Waals surface area contributed by atoms with Gasteiger partial charge in [0.25, 0.3) is 0 Å². The van der Waals surface area contributed by atoms with Crippen LogP contribution in [-0.2, 0) is 4.79 Å². The fourth-order valence-electron chi connectivity index (χ4n) is 2.74. The molecule has 0 unspecified atom stereocenters. The zero-order valence-electron chi connectivity index (χ0n) is 16.9. The minimum atomic E-state index is 0.00531. The molecule has 3 rings (SSSR count). The van der Waals surface area contributed by atoms with Crippen LogP contribution in [0, 0.1) is 26.7 Å². The maximum Gasteiger partial charge on any atom is 0.224 e. The molecule has 0 atom stereocenters. The number of rotatable bonds is 6. The van der Waals surface area contributed by atoms with E-state index in [0.29, 0.717) is 35.6 Å². The van der Waals surface area contributed by atoms with Crippen molar-refractivity contribution in [2.24, 2.45) is 5.92 Å². The van der Waals surface area contributed by atoms with Gasteiger partial charge in [0.15, 0.2) is 0 Å². The second kappa shape index (κ2) is 8.21. The molecule has 7 nitrogen and oxygen atoms in total. The fourth-order valence-corrected chi connectivity index (χ4v) is 2.74. The molecule has 0 aliphatic carbocycles. The molecule has 2 aromatic heterocycles. The van der Waals surface area contributed by atoms with E-state index >= 15 is 0 Å². The molecule has 0 bridgehead atoms. The first-order chi connectivity index (χ1) is 13.3. The summed E-state index contributed by atoms with van der Waals surface area (Å²) in [5.41, 5.74) is 2.71. The first kappa shape index (κ1) is 19.5. The van der Waals surface area contributed by atoms with Gasteiger partial charge in [-0.1, -0.05) is 13.8 Å². The van der Waals surface area contributed by atoms with Crippen LogP contribution >= 0.6 is 0 Å². The summed E-state index contributed by atoms with van der Waals surface area (Å²) in [6.45, 7) is 9.80. The van der Waals surface area contributed by atoms with Crippen molar-refractivity contribution < 1.29 is 9.53 Å². The van der Waals surface area contributed by atoms with Gasteiger partial charge in [0.2, 0.25) is 11.8 Å². The number of carbonyl (C=O) groups excluding carboxylic acids is 1. The predicted molar refractivity (Wildman–Crippen MR) is 108 cm³/mol. The highest BCUT2D eigenvalue weighted by Gasteiger charge is 2.10. The van der Waals surface area contributed by atoms with Crippen molar-refractivity contribution in [3.8, 4) is 17.4 Å². The predicted octanol–water partition coefficient (Wildman–Crippen LogP) is 4.36. The van der Waals surface area contributed by atoms with Gasteiger partial charge in [0.05, 0.1) is 5.69 Å². The highest BCUT2D eigenvalue weighted by Crippen LogP contribution is 2.24. The second-order valence-corrected chi connectivity index (χ2v) is 7.17. The Morgan fingerprint density at radius 3 is 2.46 bits per heavy atom. The molecule has 0 radical (unpaired) electrons. The Kier molecular flexibility index (Phi) is 5.73. The molecule has 0 saturated carbocycles. The highest BCUT2D eigenvalue weighted by atomic mass is 16.5. The normalized spacial score (nSPS) is 10.9.